The van der Waals surface area contributed by atoms with E-state index in [1.165, 1.54) is 11.8 Å². The van der Waals surface area contributed by atoms with Gasteiger partial charge in [-0.25, -0.2) is 14.8 Å². The number of ketones is 1. The van der Waals surface area contributed by atoms with E-state index in [1.54, 1.807) is 34.6 Å². The van der Waals surface area contributed by atoms with Crippen molar-refractivity contribution >= 4 is 28.8 Å². The summed E-state index contributed by atoms with van der Waals surface area (Å²) in [5, 5.41) is 2.72. The molecular weight excluding hydrogens is 643 g/mol. The molecule has 10 nitrogen and oxygen atoms in total. The Morgan fingerprint density at radius 3 is 2.46 bits per heavy atom. The monoisotopic (exact) mass is 684 g/mol. The number of hydrogen-bond donors (Lipinski definition) is 1. The molecule has 5 rings (SSSR count). The Balaban J connectivity index is 1.60. The third kappa shape index (κ3) is 7.44. The van der Waals surface area contributed by atoms with Crippen molar-refractivity contribution in [2.24, 2.45) is 17.3 Å². The van der Waals surface area contributed by atoms with Crippen LogP contribution in [0.25, 0.3) is 11.0 Å². The molecule has 2 amide bonds. The van der Waals surface area contributed by atoms with E-state index < -0.39 is 83.2 Å². The topological polar surface area (TPSA) is 120 Å². The highest BCUT2D eigenvalue weighted by Crippen LogP contribution is 2.50. The number of carbonyl (C=O) groups excluding carboxylic acids is 3. The zero-order valence-electron chi connectivity index (χ0n) is 27.7. The number of alkyl halides is 5. The van der Waals surface area contributed by atoms with Gasteiger partial charge in [-0.15, -0.1) is 13.2 Å². The summed E-state index contributed by atoms with van der Waals surface area (Å²) in [6.45, 7) is 9.88. The molecule has 3 aliphatic rings. The first-order valence-electron chi connectivity index (χ1n) is 16.2. The summed E-state index contributed by atoms with van der Waals surface area (Å²) in [6, 6.07) is 0.855. The summed E-state index contributed by atoms with van der Waals surface area (Å²) in [6.07, 6.45) is -5.60. The van der Waals surface area contributed by atoms with Crippen LogP contribution in [-0.4, -0.2) is 69.3 Å². The van der Waals surface area contributed by atoms with Gasteiger partial charge in [0, 0.05) is 24.3 Å². The molecule has 6 atom stereocenters. The van der Waals surface area contributed by atoms with Crippen LogP contribution in [-0.2, 0) is 20.2 Å². The highest BCUT2D eigenvalue weighted by molar-refractivity contribution is 5.92. The Hall–Kier alpha value is -3.78. The van der Waals surface area contributed by atoms with Crippen LogP contribution in [0.4, 0.5) is 26.7 Å². The fourth-order valence-electron chi connectivity index (χ4n) is 6.91. The van der Waals surface area contributed by atoms with Crippen LogP contribution in [0, 0.1) is 17.3 Å². The Bertz CT molecular complexity index is 1580. The largest absolute Gasteiger partial charge is 0.573 e. The van der Waals surface area contributed by atoms with Crippen molar-refractivity contribution in [3.05, 3.63) is 23.9 Å². The van der Waals surface area contributed by atoms with Gasteiger partial charge in [0.2, 0.25) is 11.8 Å². The number of halogens is 5. The smallest absolute Gasteiger partial charge is 0.471 e. The van der Waals surface area contributed by atoms with Crippen LogP contribution >= 0.6 is 0 Å². The fraction of sp³-hybridized carbons (Fsp3) is 0.667. The Kier molecular flexibility index (Phi) is 9.32. The molecule has 3 heterocycles. The molecule has 48 heavy (non-hydrogen) atoms. The van der Waals surface area contributed by atoms with Crippen molar-refractivity contribution < 1.29 is 50.5 Å². The van der Waals surface area contributed by atoms with Crippen LogP contribution in [0.3, 0.4) is 0 Å². The minimum atomic E-state index is -5.00. The van der Waals surface area contributed by atoms with Gasteiger partial charge in [-0.1, -0.05) is 34.1 Å². The lowest BCUT2D eigenvalue weighted by molar-refractivity contribution is -0.274. The van der Waals surface area contributed by atoms with E-state index in [1.807, 2.05) is 0 Å². The molecule has 2 aromatic rings. The molecule has 264 valence electrons. The maximum atomic E-state index is 16.0. The molecule has 1 saturated heterocycles. The normalized spacial score (nSPS) is 29.8. The second-order valence-electron chi connectivity index (χ2n) is 14.3. The van der Waals surface area contributed by atoms with Crippen LogP contribution < -0.4 is 14.8 Å². The number of rotatable bonds is 3. The van der Waals surface area contributed by atoms with Crippen LogP contribution in [0.5, 0.6) is 11.6 Å². The second-order valence-corrected chi connectivity index (χ2v) is 14.3. The maximum Gasteiger partial charge on any atom is 0.573 e. The first-order chi connectivity index (χ1) is 22.2. The Morgan fingerprint density at radius 1 is 1.12 bits per heavy atom. The van der Waals surface area contributed by atoms with Gasteiger partial charge in [0.1, 0.15) is 23.5 Å². The number of benzene rings is 1. The number of hydrogen-bond acceptors (Lipinski definition) is 8. The number of Topliss-reactive ketones (excluding diaryl/α,β-unsaturated/α-hetero) is 1. The van der Waals surface area contributed by atoms with E-state index in [0.29, 0.717) is 25.7 Å². The number of alkyl carbamates (subject to hydrolysis) is 1. The molecular formula is C33H41F5N4O6. The van der Waals surface area contributed by atoms with Crippen molar-refractivity contribution in [2.75, 3.05) is 6.54 Å². The predicted molar refractivity (Wildman–Crippen MR) is 162 cm³/mol. The summed E-state index contributed by atoms with van der Waals surface area (Å²) in [4.78, 5) is 50.1. The minimum absolute atomic E-state index is 0.0567. The molecule has 2 bridgehead atoms. The molecule has 0 radical (unpaired) electrons. The third-order valence-electron chi connectivity index (χ3n) is 9.56. The number of nitrogens with zero attached hydrogens (tertiary/aromatic N) is 3. The van der Waals surface area contributed by atoms with E-state index in [2.05, 4.69) is 20.0 Å². The van der Waals surface area contributed by atoms with E-state index in [0.717, 1.165) is 18.2 Å². The van der Waals surface area contributed by atoms with Gasteiger partial charge < -0.3 is 24.4 Å². The summed E-state index contributed by atoms with van der Waals surface area (Å²) in [5.41, 5.74) is -2.70. The van der Waals surface area contributed by atoms with Crippen molar-refractivity contribution in [1.82, 2.24) is 20.2 Å². The number of ether oxygens (including phenoxy) is 3. The van der Waals surface area contributed by atoms with Gasteiger partial charge in [-0.2, -0.15) is 8.78 Å². The first-order valence-corrected chi connectivity index (χ1v) is 16.2. The van der Waals surface area contributed by atoms with Gasteiger partial charge in [0.25, 0.3) is 5.92 Å². The molecule has 1 N–H and O–H groups in total. The van der Waals surface area contributed by atoms with Gasteiger partial charge in [-0.05, 0) is 57.1 Å². The highest BCUT2D eigenvalue weighted by atomic mass is 19.4. The van der Waals surface area contributed by atoms with Crippen molar-refractivity contribution in [3.63, 3.8) is 0 Å². The summed E-state index contributed by atoms with van der Waals surface area (Å²) in [7, 11) is 0. The molecule has 0 unspecified atom stereocenters. The first kappa shape index (κ1) is 35.5. The zero-order valence-corrected chi connectivity index (χ0v) is 27.7. The van der Waals surface area contributed by atoms with Gasteiger partial charge >= 0.3 is 12.5 Å². The molecule has 2 aliphatic heterocycles. The van der Waals surface area contributed by atoms with E-state index >= 15 is 8.78 Å². The predicted octanol–water partition coefficient (Wildman–Crippen LogP) is 6.69. The zero-order chi connectivity index (χ0) is 35.4. The highest BCUT2D eigenvalue weighted by Gasteiger charge is 2.55. The number of aromatic nitrogens is 2. The van der Waals surface area contributed by atoms with Gasteiger partial charge in [-0.3, -0.25) is 9.59 Å². The molecule has 1 aromatic carbocycles. The lowest BCUT2D eigenvalue weighted by Gasteiger charge is -2.35. The SMILES string of the molecule is CC[C@@H]1[C@@H]2CN(C(=O)[C@H](C(C)(C)C)NC(=O)O[C@]3(C)C[C@H]3CCCCC(F)(F)c3nc4ccc(OC(F)(F)F)cc4nc3O2)[C@@H]1C(C)=O. The average molecular weight is 685 g/mol. The molecule has 1 aromatic heterocycles. The second kappa shape index (κ2) is 12.6. The molecule has 1 aliphatic carbocycles. The van der Waals surface area contributed by atoms with Crippen LogP contribution in [0.15, 0.2) is 18.2 Å². The lowest BCUT2D eigenvalue weighted by Crippen LogP contribution is -2.57. The Labute approximate surface area is 275 Å². The fourth-order valence-corrected chi connectivity index (χ4v) is 6.91. The van der Waals surface area contributed by atoms with Crippen LogP contribution in [0.1, 0.15) is 85.8 Å². The standard InChI is InChI=1S/C33H41F5N4O6/c1-7-20-23-16-42(24(20)17(2)43)28(44)26(30(3,4)5)41-29(45)48-31(6)15-18(31)10-8-9-13-32(34,35)25-27(46-23)40-22-14-19(47-33(36,37)38)11-12-21(22)39-25/h11-12,14,18,20,23-24,26H,7-10,13,15-16H2,1-6H3,(H,41,45)/t18-,20-,23+,24-,26-,31-/m1/s1. The number of fused-ring (bicyclic) bond motifs is 5. The molecule has 0 spiro atoms. The number of amides is 2. The van der Waals surface area contributed by atoms with Gasteiger partial charge in [0.15, 0.2) is 11.5 Å². The van der Waals surface area contributed by atoms with Crippen molar-refractivity contribution in [1.29, 1.82) is 0 Å². The van der Waals surface area contributed by atoms with Crippen molar-refractivity contribution in [3.8, 4) is 11.6 Å². The summed E-state index contributed by atoms with van der Waals surface area (Å²) in [5.74, 6) is -6.47. The minimum Gasteiger partial charge on any atom is -0.471 e. The van der Waals surface area contributed by atoms with E-state index in [4.69, 9.17) is 9.47 Å². The molecule has 15 heteroatoms. The molecule has 2 fully saturated rings. The third-order valence-corrected chi connectivity index (χ3v) is 9.56. The summed E-state index contributed by atoms with van der Waals surface area (Å²) < 4.78 is 86.8. The lowest BCUT2D eigenvalue weighted by atomic mass is 9.85. The quantitative estimate of drug-likeness (QED) is 0.356. The van der Waals surface area contributed by atoms with E-state index in [9.17, 15) is 27.6 Å². The van der Waals surface area contributed by atoms with E-state index in [-0.39, 0.29) is 35.7 Å². The van der Waals surface area contributed by atoms with Crippen LogP contribution in [0.2, 0.25) is 0 Å². The number of carbonyl (C=O) groups is 3. The average Bonchev–Trinajstić information content (AvgIpc) is 3.43. The summed E-state index contributed by atoms with van der Waals surface area (Å²) >= 11 is 0. The Morgan fingerprint density at radius 2 is 1.83 bits per heavy atom. The van der Waals surface area contributed by atoms with Crippen molar-refractivity contribution in [2.45, 2.75) is 116 Å². The van der Waals surface area contributed by atoms with Gasteiger partial charge in [0.05, 0.1) is 23.6 Å². The maximum absolute atomic E-state index is 16.0. The molecule has 1 saturated carbocycles. The number of nitrogens with one attached hydrogen (secondary N) is 1.